The molecule has 30 heavy (non-hydrogen) atoms. The zero-order valence-electron chi connectivity index (χ0n) is 18.9. The highest BCUT2D eigenvalue weighted by Crippen LogP contribution is 2.47. The van der Waals surface area contributed by atoms with Gasteiger partial charge >= 0.3 is 5.97 Å². The number of hydrogen-bond donors (Lipinski definition) is 1. The topological polar surface area (TPSA) is 37.3 Å². The Kier molecular flexibility index (Phi) is 6.81. The van der Waals surface area contributed by atoms with Crippen molar-refractivity contribution >= 4 is 29.9 Å². The Morgan fingerprint density at radius 2 is 1.60 bits per heavy atom. The molecule has 2 nitrogen and oxygen atoms in total. The van der Waals surface area contributed by atoms with Gasteiger partial charge in [-0.2, -0.15) is 11.8 Å². The summed E-state index contributed by atoms with van der Waals surface area (Å²) in [5.41, 5.74) is 7.40. The number of carboxylic acids is 1. The standard InChI is InChI=1S/C27H34O2S/c1-6-15-30-18-22-17-24-23(26(2,3)13-14-27(24,4)5)16-21(22)12-9-19-7-10-20(11-8-19)25(28)29/h7-12,16-17H,6,13-15,18H2,1-5H3,(H,28,29). The number of fused-ring (bicyclic) bond motifs is 1. The third-order valence-electron chi connectivity index (χ3n) is 6.33. The van der Waals surface area contributed by atoms with Crippen molar-refractivity contribution in [3.63, 3.8) is 0 Å². The fraction of sp³-hybridized carbons (Fsp3) is 0.444. The van der Waals surface area contributed by atoms with Gasteiger partial charge in [0.15, 0.2) is 0 Å². The van der Waals surface area contributed by atoms with E-state index in [1.165, 1.54) is 47.3 Å². The van der Waals surface area contributed by atoms with Gasteiger partial charge in [-0.25, -0.2) is 4.79 Å². The highest BCUT2D eigenvalue weighted by Gasteiger charge is 2.37. The number of hydrogen-bond acceptors (Lipinski definition) is 2. The molecule has 0 saturated heterocycles. The van der Waals surface area contributed by atoms with Crippen molar-refractivity contribution in [1.29, 1.82) is 0 Å². The average molecular weight is 423 g/mol. The smallest absolute Gasteiger partial charge is 0.335 e. The first-order chi connectivity index (χ1) is 14.1. The molecule has 0 aromatic heterocycles. The van der Waals surface area contributed by atoms with Crippen LogP contribution in [0.5, 0.6) is 0 Å². The quantitative estimate of drug-likeness (QED) is 0.370. The maximum Gasteiger partial charge on any atom is 0.335 e. The number of aromatic carboxylic acids is 1. The van der Waals surface area contributed by atoms with Gasteiger partial charge < -0.3 is 5.11 Å². The molecule has 0 unspecified atom stereocenters. The van der Waals surface area contributed by atoms with Gasteiger partial charge in [-0.15, -0.1) is 0 Å². The molecule has 0 heterocycles. The SMILES string of the molecule is CCCSCc1cc2c(cc1C=Cc1ccc(C(=O)O)cc1)C(C)(C)CCC2(C)C. The Morgan fingerprint density at radius 1 is 1.00 bits per heavy atom. The van der Waals surface area contributed by atoms with Gasteiger partial charge in [-0.1, -0.05) is 71.0 Å². The van der Waals surface area contributed by atoms with Crippen LogP contribution in [0.25, 0.3) is 12.2 Å². The number of rotatable bonds is 7. The first-order valence-corrected chi connectivity index (χ1v) is 12.1. The van der Waals surface area contributed by atoms with E-state index in [0.717, 1.165) is 11.3 Å². The van der Waals surface area contributed by atoms with Crippen LogP contribution in [0.3, 0.4) is 0 Å². The Balaban J connectivity index is 2.01. The lowest BCUT2D eigenvalue weighted by Gasteiger charge is -2.42. The van der Waals surface area contributed by atoms with Crippen molar-refractivity contribution in [3.8, 4) is 0 Å². The van der Waals surface area contributed by atoms with Crippen molar-refractivity contribution in [2.75, 3.05) is 5.75 Å². The van der Waals surface area contributed by atoms with Crippen LogP contribution in [-0.4, -0.2) is 16.8 Å². The fourth-order valence-electron chi connectivity index (χ4n) is 4.20. The van der Waals surface area contributed by atoms with Crippen molar-refractivity contribution in [2.24, 2.45) is 0 Å². The van der Waals surface area contributed by atoms with Crippen molar-refractivity contribution in [3.05, 3.63) is 69.8 Å². The third-order valence-corrected chi connectivity index (χ3v) is 7.54. The van der Waals surface area contributed by atoms with Crippen molar-refractivity contribution in [2.45, 2.75) is 70.5 Å². The maximum atomic E-state index is 11.1. The molecular weight excluding hydrogens is 388 g/mol. The molecule has 2 aromatic rings. The summed E-state index contributed by atoms with van der Waals surface area (Å²) in [6.45, 7) is 11.7. The van der Waals surface area contributed by atoms with Crippen LogP contribution in [0, 0.1) is 0 Å². The first kappa shape index (κ1) is 22.7. The number of carbonyl (C=O) groups is 1. The number of thioether (sulfide) groups is 1. The van der Waals surface area contributed by atoms with E-state index in [9.17, 15) is 4.79 Å². The number of benzene rings is 2. The second-order valence-corrected chi connectivity index (χ2v) is 10.8. The zero-order valence-corrected chi connectivity index (χ0v) is 19.7. The van der Waals surface area contributed by atoms with Crippen LogP contribution >= 0.6 is 11.8 Å². The molecule has 1 N–H and O–H groups in total. The molecule has 0 spiro atoms. The second kappa shape index (κ2) is 9.01. The van der Waals surface area contributed by atoms with E-state index in [2.05, 4.69) is 58.9 Å². The molecule has 0 saturated carbocycles. The second-order valence-electron chi connectivity index (χ2n) is 9.68. The molecule has 2 aromatic carbocycles. The Hall–Kier alpha value is -2.00. The van der Waals surface area contributed by atoms with Gasteiger partial charge in [0.1, 0.15) is 0 Å². The van der Waals surface area contributed by atoms with Crippen LogP contribution in [0.2, 0.25) is 0 Å². The third kappa shape index (κ3) is 5.00. The minimum absolute atomic E-state index is 0.186. The van der Waals surface area contributed by atoms with E-state index in [0.29, 0.717) is 5.56 Å². The monoisotopic (exact) mass is 422 g/mol. The molecule has 3 heteroatoms. The van der Waals surface area contributed by atoms with Crippen LogP contribution < -0.4 is 0 Å². The van der Waals surface area contributed by atoms with E-state index in [4.69, 9.17) is 5.11 Å². The minimum atomic E-state index is -0.889. The molecule has 160 valence electrons. The largest absolute Gasteiger partial charge is 0.478 e. The summed E-state index contributed by atoms with van der Waals surface area (Å²) < 4.78 is 0. The zero-order chi connectivity index (χ0) is 21.9. The molecule has 1 aliphatic carbocycles. The van der Waals surface area contributed by atoms with Crippen LogP contribution in [0.15, 0.2) is 36.4 Å². The first-order valence-electron chi connectivity index (χ1n) is 10.9. The molecule has 0 atom stereocenters. The van der Waals surface area contributed by atoms with Crippen LogP contribution in [-0.2, 0) is 16.6 Å². The molecule has 1 aliphatic rings. The van der Waals surface area contributed by atoms with Gasteiger partial charge in [-0.05, 0) is 75.8 Å². The highest BCUT2D eigenvalue weighted by atomic mass is 32.2. The van der Waals surface area contributed by atoms with E-state index >= 15 is 0 Å². The lowest BCUT2D eigenvalue weighted by molar-refractivity contribution is 0.0697. The van der Waals surface area contributed by atoms with Gasteiger partial charge in [0.05, 0.1) is 5.56 Å². The molecule has 0 radical (unpaired) electrons. The summed E-state index contributed by atoms with van der Waals surface area (Å²) in [5.74, 6) is 1.31. The van der Waals surface area contributed by atoms with Gasteiger partial charge in [0.25, 0.3) is 0 Å². The molecule has 0 amide bonds. The average Bonchev–Trinajstić information content (AvgIpc) is 2.70. The van der Waals surface area contributed by atoms with Gasteiger partial charge in [0.2, 0.25) is 0 Å². The van der Waals surface area contributed by atoms with E-state index < -0.39 is 5.97 Å². The fourth-order valence-corrected chi connectivity index (χ4v) is 5.11. The summed E-state index contributed by atoms with van der Waals surface area (Å²) in [6.07, 6.45) is 7.92. The summed E-state index contributed by atoms with van der Waals surface area (Å²) in [5, 5.41) is 9.11. The van der Waals surface area contributed by atoms with E-state index in [-0.39, 0.29) is 10.8 Å². The molecule has 0 bridgehead atoms. The predicted octanol–water partition coefficient (Wildman–Crippen LogP) is 7.55. The molecule has 0 aliphatic heterocycles. The molecular formula is C27H34O2S. The minimum Gasteiger partial charge on any atom is -0.478 e. The normalized spacial score (nSPS) is 17.1. The Morgan fingerprint density at radius 3 is 2.17 bits per heavy atom. The van der Waals surface area contributed by atoms with Crippen molar-refractivity contribution in [1.82, 2.24) is 0 Å². The number of carboxylic acid groups (broad SMARTS) is 1. The maximum absolute atomic E-state index is 11.1. The highest BCUT2D eigenvalue weighted by molar-refractivity contribution is 7.98. The summed E-state index contributed by atoms with van der Waals surface area (Å²) in [6, 6.07) is 12.0. The summed E-state index contributed by atoms with van der Waals surface area (Å²) in [7, 11) is 0. The lowest BCUT2D eigenvalue weighted by atomic mass is 9.62. The lowest BCUT2D eigenvalue weighted by Crippen LogP contribution is -2.34. The summed E-state index contributed by atoms with van der Waals surface area (Å²) in [4.78, 5) is 11.1. The summed E-state index contributed by atoms with van der Waals surface area (Å²) >= 11 is 2.00. The predicted molar refractivity (Wildman–Crippen MR) is 131 cm³/mol. The van der Waals surface area contributed by atoms with Gasteiger partial charge in [-0.3, -0.25) is 0 Å². The Bertz CT molecular complexity index is 936. The molecule has 3 rings (SSSR count). The van der Waals surface area contributed by atoms with Crippen LogP contribution in [0.4, 0.5) is 0 Å². The van der Waals surface area contributed by atoms with Crippen LogP contribution in [0.1, 0.15) is 92.1 Å². The van der Waals surface area contributed by atoms with E-state index in [1.54, 1.807) is 12.1 Å². The van der Waals surface area contributed by atoms with Crippen molar-refractivity contribution < 1.29 is 9.90 Å². The Labute approximate surface area is 185 Å². The van der Waals surface area contributed by atoms with Gasteiger partial charge in [0, 0.05) is 5.75 Å². The van der Waals surface area contributed by atoms with E-state index in [1.807, 2.05) is 23.9 Å². The molecule has 0 fully saturated rings.